The number of benzene rings is 1. The van der Waals surface area contributed by atoms with Crippen molar-refractivity contribution in [3.05, 3.63) is 47.7 Å². The SMILES string of the molecule is COc1ccccc1N(C)c1ncc(CN)cc1C. The number of ether oxygens (including phenoxy) is 1. The monoisotopic (exact) mass is 257 g/mol. The standard InChI is InChI=1S/C15H19N3O/c1-11-8-12(9-16)10-17-15(11)18(2)13-6-4-5-7-14(13)19-3/h4-8,10H,9,16H2,1-3H3. The van der Waals surface area contributed by atoms with Gasteiger partial charge in [-0.05, 0) is 36.2 Å². The smallest absolute Gasteiger partial charge is 0.142 e. The number of pyridine rings is 1. The van der Waals surface area contributed by atoms with Crippen LogP contribution in [-0.2, 0) is 6.54 Å². The van der Waals surface area contributed by atoms with Crippen LogP contribution in [0, 0.1) is 6.92 Å². The number of hydrogen-bond donors (Lipinski definition) is 1. The van der Waals surface area contributed by atoms with E-state index in [2.05, 4.69) is 11.1 Å². The Morgan fingerprint density at radius 2 is 2.05 bits per heavy atom. The topological polar surface area (TPSA) is 51.4 Å². The third-order valence-corrected chi connectivity index (χ3v) is 3.11. The molecule has 0 saturated carbocycles. The van der Waals surface area contributed by atoms with Gasteiger partial charge in [0.25, 0.3) is 0 Å². The van der Waals surface area contributed by atoms with Crippen LogP contribution in [0.5, 0.6) is 5.75 Å². The normalized spacial score (nSPS) is 10.3. The minimum atomic E-state index is 0.506. The van der Waals surface area contributed by atoms with Crippen molar-refractivity contribution in [3.63, 3.8) is 0 Å². The predicted octanol–water partition coefficient (Wildman–Crippen LogP) is 2.63. The molecule has 4 nitrogen and oxygen atoms in total. The van der Waals surface area contributed by atoms with E-state index in [0.717, 1.165) is 28.4 Å². The van der Waals surface area contributed by atoms with E-state index in [9.17, 15) is 0 Å². The van der Waals surface area contributed by atoms with Gasteiger partial charge in [-0.1, -0.05) is 12.1 Å². The van der Waals surface area contributed by atoms with Gasteiger partial charge < -0.3 is 15.4 Å². The summed E-state index contributed by atoms with van der Waals surface area (Å²) < 4.78 is 5.38. The van der Waals surface area contributed by atoms with E-state index in [4.69, 9.17) is 10.5 Å². The zero-order valence-electron chi connectivity index (χ0n) is 11.6. The van der Waals surface area contributed by atoms with Crippen molar-refractivity contribution < 1.29 is 4.74 Å². The first-order chi connectivity index (χ1) is 9.17. The Bertz CT molecular complexity index is 569. The molecule has 0 unspecified atom stereocenters. The second-order valence-electron chi connectivity index (χ2n) is 4.42. The highest BCUT2D eigenvalue weighted by molar-refractivity contribution is 5.68. The minimum Gasteiger partial charge on any atom is -0.495 e. The van der Waals surface area contributed by atoms with Crippen LogP contribution in [0.2, 0.25) is 0 Å². The highest BCUT2D eigenvalue weighted by atomic mass is 16.5. The van der Waals surface area contributed by atoms with Crippen LogP contribution in [-0.4, -0.2) is 19.1 Å². The molecule has 4 heteroatoms. The van der Waals surface area contributed by atoms with Gasteiger partial charge in [-0.2, -0.15) is 0 Å². The number of methoxy groups -OCH3 is 1. The van der Waals surface area contributed by atoms with Gasteiger partial charge in [0, 0.05) is 19.8 Å². The molecule has 0 amide bonds. The molecule has 0 saturated heterocycles. The van der Waals surface area contributed by atoms with E-state index >= 15 is 0 Å². The summed E-state index contributed by atoms with van der Waals surface area (Å²) >= 11 is 0. The molecule has 0 aliphatic heterocycles. The maximum Gasteiger partial charge on any atom is 0.142 e. The molecule has 0 aliphatic carbocycles. The summed E-state index contributed by atoms with van der Waals surface area (Å²) in [6, 6.07) is 9.95. The Hall–Kier alpha value is -2.07. The summed E-state index contributed by atoms with van der Waals surface area (Å²) in [6.45, 7) is 2.54. The zero-order valence-corrected chi connectivity index (χ0v) is 11.6. The number of nitrogens with zero attached hydrogens (tertiary/aromatic N) is 2. The Labute approximate surface area is 113 Å². The average molecular weight is 257 g/mol. The summed E-state index contributed by atoms with van der Waals surface area (Å²) in [5.74, 6) is 1.73. The maximum atomic E-state index is 5.63. The summed E-state index contributed by atoms with van der Waals surface area (Å²) in [6.07, 6.45) is 1.81. The molecule has 0 spiro atoms. The molecule has 0 fully saturated rings. The van der Waals surface area contributed by atoms with Gasteiger partial charge in [0.05, 0.1) is 12.8 Å². The van der Waals surface area contributed by atoms with Crippen LogP contribution in [0.15, 0.2) is 36.5 Å². The fourth-order valence-electron chi connectivity index (χ4n) is 2.11. The molecule has 1 aromatic heterocycles. The molecule has 19 heavy (non-hydrogen) atoms. The van der Waals surface area contributed by atoms with Crippen molar-refractivity contribution in [1.29, 1.82) is 0 Å². The van der Waals surface area contributed by atoms with Crippen molar-refractivity contribution in [2.45, 2.75) is 13.5 Å². The molecule has 0 aliphatic rings. The molecule has 1 aromatic carbocycles. The van der Waals surface area contributed by atoms with Crippen LogP contribution < -0.4 is 15.4 Å². The summed E-state index contributed by atoms with van der Waals surface area (Å²) in [5.41, 5.74) is 8.75. The Balaban J connectivity index is 2.41. The van der Waals surface area contributed by atoms with Gasteiger partial charge in [-0.3, -0.25) is 0 Å². The highest BCUT2D eigenvalue weighted by Gasteiger charge is 2.12. The van der Waals surface area contributed by atoms with Gasteiger partial charge in [0.2, 0.25) is 0 Å². The quantitative estimate of drug-likeness (QED) is 0.914. The van der Waals surface area contributed by atoms with Crippen LogP contribution in [0.3, 0.4) is 0 Å². The van der Waals surface area contributed by atoms with Crippen molar-refractivity contribution in [3.8, 4) is 5.75 Å². The van der Waals surface area contributed by atoms with Crippen LogP contribution in [0.1, 0.15) is 11.1 Å². The van der Waals surface area contributed by atoms with Crippen LogP contribution >= 0.6 is 0 Å². The largest absolute Gasteiger partial charge is 0.495 e. The fourth-order valence-corrected chi connectivity index (χ4v) is 2.11. The molecule has 1 heterocycles. The van der Waals surface area contributed by atoms with E-state index in [1.165, 1.54) is 0 Å². The molecule has 0 atom stereocenters. The Morgan fingerprint density at radius 1 is 1.32 bits per heavy atom. The van der Waals surface area contributed by atoms with Crippen molar-refractivity contribution in [1.82, 2.24) is 4.98 Å². The molecule has 0 radical (unpaired) electrons. The van der Waals surface area contributed by atoms with Gasteiger partial charge in [-0.25, -0.2) is 4.98 Å². The van der Waals surface area contributed by atoms with Gasteiger partial charge in [-0.15, -0.1) is 0 Å². The number of anilines is 2. The number of para-hydroxylation sites is 2. The molecule has 2 aromatic rings. The second-order valence-corrected chi connectivity index (χ2v) is 4.42. The van der Waals surface area contributed by atoms with E-state index in [-0.39, 0.29) is 0 Å². The Kier molecular flexibility index (Phi) is 4.02. The lowest BCUT2D eigenvalue weighted by Crippen LogP contribution is -2.14. The van der Waals surface area contributed by atoms with Crippen molar-refractivity contribution in [2.75, 3.05) is 19.1 Å². The molecule has 2 N–H and O–H groups in total. The van der Waals surface area contributed by atoms with Crippen LogP contribution in [0.4, 0.5) is 11.5 Å². The number of hydrogen-bond acceptors (Lipinski definition) is 4. The number of rotatable bonds is 4. The van der Waals surface area contributed by atoms with E-state index in [1.807, 2.05) is 49.3 Å². The first kappa shape index (κ1) is 13.4. The molecular weight excluding hydrogens is 238 g/mol. The Morgan fingerprint density at radius 3 is 2.68 bits per heavy atom. The van der Waals surface area contributed by atoms with E-state index in [1.54, 1.807) is 7.11 Å². The predicted molar refractivity (Wildman–Crippen MR) is 77.9 cm³/mol. The lowest BCUT2D eigenvalue weighted by atomic mass is 10.2. The lowest BCUT2D eigenvalue weighted by molar-refractivity contribution is 0.415. The molecule has 2 rings (SSSR count). The second kappa shape index (κ2) is 5.71. The molecule has 100 valence electrons. The summed E-state index contributed by atoms with van der Waals surface area (Å²) in [5, 5.41) is 0. The molecule has 0 bridgehead atoms. The van der Waals surface area contributed by atoms with Crippen LogP contribution in [0.25, 0.3) is 0 Å². The van der Waals surface area contributed by atoms with E-state index < -0.39 is 0 Å². The van der Waals surface area contributed by atoms with Gasteiger partial charge >= 0.3 is 0 Å². The summed E-state index contributed by atoms with van der Waals surface area (Å²) in [4.78, 5) is 6.51. The highest BCUT2D eigenvalue weighted by Crippen LogP contribution is 2.32. The molecular formula is C15H19N3O. The first-order valence-corrected chi connectivity index (χ1v) is 6.19. The minimum absolute atomic E-state index is 0.506. The third-order valence-electron chi connectivity index (χ3n) is 3.11. The van der Waals surface area contributed by atoms with E-state index in [0.29, 0.717) is 6.54 Å². The first-order valence-electron chi connectivity index (χ1n) is 6.19. The van der Waals surface area contributed by atoms with Gasteiger partial charge in [0.15, 0.2) is 0 Å². The maximum absolute atomic E-state index is 5.63. The average Bonchev–Trinajstić information content (AvgIpc) is 2.46. The number of aryl methyl sites for hydroxylation is 1. The third kappa shape index (κ3) is 2.69. The number of nitrogens with two attached hydrogens (primary N) is 1. The zero-order chi connectivity index (χ0) is 13.8. The van der Waals surface area contributed by atoms with Crippen molar-refractivity contribution >= 4 is 11.5 Å². The van der Waals surface area contributed by atoms with Gasteiger partial charge in [0.1, 0.15) is 11.6 Å². The van der Waals surface area contributed by atoms with Crippen molar-refractivity contribution in [2.24, 2.45) is 5.73 Å². The summed E-state index contributed by atoms with van der Waals surface area (Å²) in [7, 11) is 3.65. The number of aromatic nitrogens is 1. The fraction of sp³-hybridized carbons (Fsp3) is 0.267. The lowest BCUT2D eigenvalue weighted by Gasteiger charge is -2.22.